The van der Waals surface area contributed by atoms with Crippen LogP contribution in [0.3, 0.4) is 0 Å². The molecule has 1 unspecified atom stereocenters. The molecule has 4 heteroatoms. The molecular weight excluding hydrogens is 621 g/mol. The average Bonchev–Trinajstić information content (AvgIpc) is 3.70. The van der Waals surface area contributed by atoms with Crippen molar-refractivity contribution in [1.82, 2.24) is 9.55 Å². The van der Waals surface area contributed by atoms with Crippen molar-refractivity contribution >= 4 is 40.0 Å². The first-order valence-electron chi connectivity index (χ1n) is 18.6. The number of allylic oxidation sites excluding steroid dienone is 5. The number of para-hydroxylation sites is 1. The second-order valence-electron chi connectivity index (χ2n) is 13.6. The molecule has 5 aromatic rings. The number of aromatic nitrogens is 2. The van der Waals surface area contributed by atoms with Gasteiger partial charge in [0.1, 0.15) is 0 Å². The number of hydrogen-bond donors (Lipinski definition) is 0. The summed E-state index contributed by atoms with van der Waals surface area (Å²) in [5.41, 5.74) is 14.8. The second-order valence-corrected chi connectivity index (χ2v) is 13.6. The summed E-state index contributed by atoms with van der Waals surface area (Å²) in [6.07, 6.45) is 21.2. The molecule has 51 heavy (non-hydrogen) atoms. The van der Waals surface area contributed by atoms with Crippen molar-refractivity contribution in [2.75, 3.05) is 11.4 Å². The topological polar surface area (TPSA) is 33.4 Å². The van der Waals surface area contributed by atoms with Crippen molar-refractivity contribution in [3.63, 3.8) is 0 Å². The van der Waals surface area contributed by atoms with Gasteiger partial charge >= 0.3 is 0 Å². The van der Waals surface area contributed by atoms with Crippen molar-refractivity contribution in [2.24, 2.45) is 4.99 Å². The minimum Gasteiger partial charge on any atom is -0.337 e. The highest BCUT2D eigenvalue weighted by molar-refractivity contribution is 6.04. The molecule has 0 N–H and O–H groups in total. The van der Waals surface area contributed by atoms with Gasteiger partial charge in [-0.2, -0.15) is 0 Å². The maximum Gasteiger partial charge on any atom is 0.0702 e. The Bertz CT molecular complexity index is 2380. The van der Waals surface area contributed by atoms with Gasteiger partial charge < -0.3 is 9.47 Å². The second kappa shape index (κ2) is 14.0. The third-order valence-electron chi connectivity index (χ3n) is 10.8. The van der Waals surface area contributed by atoms with Crippen LogP contribution in [0.5, 0.6) is 0 Å². The maximum atomic E-state index is 5.03. The Morgan fingerprint density at radius 1 is 0.804 bits per heavy atom. The fourth-order valence-electron chi connectivity index (χ4n) is 8.41. The summed E-state index contributed by atoms with van der Waals surface area (Å²) in [6.45, 7) is 9.30. The number of pyridine rings is 1. The molecule has 0 bridgehead atoms. The van der Waals surface area contributed by atoms with Gasteiger partial charge in [0, 0.05) is 56.9 Å². The summed E-state index contributed by atoms with van der Waals surface area (Å²) in [6, 6.07) is 31.3. The quantitative estimate of drug-likeness (QED) is 0.173. The molecule has 2 aromatic heterocycles. The van der Waals surface area contributed by atoms with E-state index in [1.807, 2.05) is 6.20 Å². The monoisotopic (exact) mass is 666 g/mol. The lowest BCUT2D eigenvalue weighted by Crippen LogP contribution is -2.31. The molecule has 8 rings (SSSR count). The highest BCUT2D eigenvalue weighted by atomic mass is 15.2. The van der Waals surface area contributed by atoms with E-state index >= 15 is 0 Å². The molecule has 0 spiro atoms. The van der Waals surface area contributed by atoms with Gasteiger partial charge in [-0.15, -0.1) is 0 Å². The molecule has 1 aliphatic carbocycles. The van der Waals surface area contributed by atoms with Crippen LogP contribution in [0.4, 0.5) is 5.69 Å². The summed E-state index contributed by atoms with van der Waals surface area (Å²) in [5, 5.41) is 3.79. The van der Waals surface area contributed by atoms with Gasteiger partial charge in [-0.25, -0.2) is 0 Å². The van der Waals surface area contributed by atoms with Gasteiger partial charge in [-0.05, 0) is 111 Å². The van der Waals surface area contributed by atoms with E-state index in [1.54, 1.807) is 0 Å². The molecule has 2 aliphatic heterocycles. The van der Waals surface area contributed by atoms with E-state index in [2.05, 4.69) is 159 Å². The first-order chi connectivity index (χ1) is 25.1. The van der Waals surface area contributed by atoms with Crippen LogP contribution in [0.1, 0.15) is 70.9 Å². The lowest BCUT2D eigenvalue weighted by atomic mass is 9.91. The van der Waals surface area contributed by atoms with E-state index in [0.717, 1.165) is 41.1 Å². The van der Waals surface area contributed by atoms with Gasteiger partial charge in [0.15, 0.2) is 0 Å². The van der Waals surface area contributed by atoms with Crippen LogP contribution >= 0.6 is 0 Å². The minimum atomic E-state index is 0.445. The lowest BCUT2D eigenvalue weighted by molar-refractivity contribution is 0.613. The third kappa shape index (κ3) is 5.83. The van der Waals surface area contributed by atoms with Crippen LogP contribution in [0, 0.1) is 0 Å². The predicted octanol–water partition coefficient (Wildman–Crippen LogP) is 10.1. The van der Waals surface area contributed by atoms with Gasteiger partial charge in [0.05, 0.1) is 23.8 Å². The Labute approximate surface area is 301 Å². The molecule has 0 saturated carbocycles. The van der Waals surface area contributed by atoms with Crippen LogP contribution in [-0.2, 0) is 0 Å². The van der Waals surface area contributed by atoms with Gasteiger partial charge in [0.2, 0.25) is 0 Å². The van der Waals surface area contributed by atoms with E-state index in [1.165, 1.54) is 74.4 Å². The van der Waals surface area contributed by atoms with Gasteiger partial charge in [-0.3, -0.25) is 9.98 Å². The fourth-order valence-corrected chi connectivity index (χ4v) is 8.41. The van der Waals surface area contributed by atoms with Gasteiger partial charge in [-0.1, -0.05) is 91.9 Å². The van der Waals surface area contributed by atoms with Crippen LogP contribution < -0.4 is 15.5 Å². The number of aliphatic imine (C=N–C) groups is 1. The SMILES string of the molecule is CC=CC1=C(CC)N(c2ccc(-c3ccc(C4=CCC(c5ccc(-n6c(=CC)c(=CC)c7ccccc76)cc5)=NC4)cn3)cc2)C2CCCC=C12. The lowest BCUT2D eigenvalue weighted by Gasteiger charge is -2.32. The number of nitrogens with zero attached hydrogens (tertiary/aromatic N) is 4. The first kappa shape index (κ1) is 32.7. The Hall–Kier alpha value is -5.48. The average molecular weight is 667 g/mol. The molecule has 3 aromatic carbocycles. The summed E-state index contributed by atoms with van der Waals surface area (Å²) in [4.78, 5) is 12.5. The normalized spacial score (nSPS) is 18.5. The smallest absolute Gasteiger partial charge is 0.0702 e. The Balaban J connectivity index is 0.965. The van der Waals surface area contributed by atoms with Crippen LogP contribution in [-0.4, -0.2) is 27.8 Å². The number of benzene rings is 3. The van der Waals surface area contributed by atoms with E-state index in [9.17, 15) is 0 Å². The van der Waals surface area contributed by atoms with E-state index in [-0.39, 0.29) is 0 Å². The minimum absolute atomic E-state index is 0.445. The highest BCUT2D eigenvalue weighted by Gasteiger charge is 2.36. The zero-order valence-electron chi connectivity index (χ0n) is 30.2. The first-order valence-corrected chi connectivity index (χ1v) is 18.6. The van der Waals surface area contributed by atoms with Crippen molar-refractivity contribution in [1.29, 1.82) is 0 Å². The summed E-state index contributed by atoms with van der Waals surface area (Å²) < 4.78 is 2.36. The molecular formula is C47H46N4. The van der Waals surface area contributed by atoms with E-state index in [4.69, 9.17) is 9.98 Å². The molecule has 254 valence electrons. The number of anilines is 1. The number of dihydropyridines is 1. The Morgan fingerprint density at radius 3 is 2.25 bits per heavy atom. The molecule has 0 saturated heterocycles. The van der Waals surface area contributed by atoms with Crippen molar-refractivity contribution in [3.8, 4) is 16.9 Å². The maximum absolute atomic E-state index is 5.03. The summed E-state index contributed by atoms with van der Waals surface area (Å²) in [5.74, 6) is 0. The fraction of sp³-hybridized carbons (Fsp3) is 0.234. The molecule has 4 heterocycles. The van der Waals surface area contributed by atoms with Crippen LogP contribution in [0.25, 0.3) is 45.6 Å². The van der Waals surface area contributed by atoms with Crippen LogP contribution in [0.2, 0.25) is 0 Å². The zero-order valence-corrected chi connectivity index (χ0v) is 30.2. The standard InChI is InChI=1S/C47H46N4/c1-5-13-39-41-15-10-12-17-47(41)51(45(39)8-4)37-26-20-33(21-27-37)43-29-23-35(31-49-43)34-22-28-42(48-30-34)32-18-24-36(25-19-32)50-44(7-3)38(6-2)40-14-9-11-16-46(40)50/h5-7,9,11,13-16,18-27,29,31,47H,8,10,12,17,28,30H2,1-4H3. The van der Waals surface area contributed by atoms with Gasteiger partial charge in [0.25, 0.3) is 0 Å². The Kier molecular flexibility index (Phi) is 9.00. The highest BCUT2D eigenvalue weighted by Crippen LogP contribution is 2.44. The van der Waals surface area contributed by atoms with Crippen molar-refractivity contribution in [3.05, 3.63) is 154 Å². The molecule has 0 radical (unpaired) electrons. The molecule has 3 aliphatic rings. The van der Waals surface area contributed by atoms with E-state index in [0.29, 0.717) is 12.6 Å². The van der Waals surface area contributed by atoms with E-state index < -0.39 is 0 Å². The largest absolute Gasteiger partial charge is 0.337 e. The predicted molar refractivity (Wildman–Crippen MR) is 217 cm³/mol. The number of hydrogen-bond acceptors (Lipinski definition) is 3. The van der Waals surface area contributed by atoms with Crippen molar-refractivity contribution in [2.45, 2.75) is 65.8 Å². The molecule has 1 atom stereocenters. The van der Waals surface area contributed by atoms with Crippen LogP contribution in [0.15, 0.2) is 137 Å². The molecule has 4 nitrogen and oxygen atoms in total. The molecule has 0 amide bonds. The third-order valence-corrected chi connectivity index (χ3v) is 10.8. The van der Waals surface area contributed by atoms with Crippen molar-refractivity contribution < 1.29 is 0 Å². The summed E-state index contributed by atoms with van der Waals surface area (Å²) >= 11 is 0. The molecule has 0 fully saturated rings. The zero-order chi connectivity index (χ0) is 34.9. The Morgan fingerprint density at radius 2 is 1.57 bits per heavy atom. The number of rotatable bonds is 7. The summed E-state index contributed by atoms with van der Waals surface area (Å²) in [7, 11) is 0. The number of fused-ring (bicyclic) bond motifs is 2.